The molecule has 4 nitrogen and oxygen atoms in total. The van der Waals surface area contributed by atoms with Gasteiger partial charge in [0.25, 0.3) is 0 Å². The van der Waals surface area contributed by atoms with Gasteiger partial charge in [-0.15, -0.1) is 0 Å². The van der Waals surface area contributed by atoms with Crippen molar-refractivity contribution in [2.75, 3.05) is 13.2 Å². The highest BCUT2D eigenvalue weighted by Gasteiger charge is 2.08. The first-order valence-electron chi connectivity index (χ1n) is 12.9. The lowest BCUT2D eigenvalue weighted by atomic mass is 9.97. The van der Waals surface area contributed by atoms with Gasteiger partial charge in [-0.05, 0) is 31.6 Å². The molecule has 0 radical (unpaired) electrons. The summed E-state index contributed by atoms with van der Waals surface area (Å²) in [6.07, 6.45) is 19.4. The van der Waals surface area contributed by atoms with Crippen molar-refractivity contribution in [1.29, 1.82) is 0 Å². The number of carbonyl (C=O) groups is 2. The van der Waals surface area contributed by atoms with Crippen molar-refractivity contribution in [3.05, 3.63) is 0 Å². The molecule has 0 fully saturated rings. The maximum absolute atomic E-state index is 11.7. The second-order valence-corrected chi connectivity index (χ2v) is 8.87. The van der Waals surface area contributed by atoms with Gasteiger partial charge in [-0.1, -0.05) is 97.8 Å². The van der Waals surface area contributed by atoms with Crippen LogP contribution in [-0.4, -0.2) is 25.2 Å². The zero-order valence-corrected chi connectivity index (χ0v) is 20.4. The Morgan fingerprint density at radius 3 is 1.60 bits per heavy atom. The fourth-order valence-corrected chi connectivity index (χ4v) is 3.55. The topological polar surface area (TPSA) is 52.6 Å². The molecule has 0 rings (SSSR count). The van der Waals surface area contributed by atoms with E-state index in [9.17, 15) is 9.59 Å². The Kier molecular flexibility index (Phi) is 21.8. The Labute approximate surface area is 186 Å². The average molecular weight is 427 g/mol. The van der Waals surface area contributed by atoms with Gasteiger partial charge < -0.3 is 9.47 Å². The molecule has 0 aromatic carbocycles. The molecule has 0 saturated carbocycles. The fraction of sp³-hybridized carbons (Fsp3) is 0.923. The maximum Gasteiger partial charge on any atom is 0.305 e. The van der Waals surface area contributed by atoms with Crippen LogP contribution in [0.3, 0.4) is 0 Å². The van der Waals surface area contributed by atoms with E-state index < -0.39 is 0 Å². The van der Waals surface area contributed by atoms with Crippen LogP contribution in [-0.2, 0) is 19.1 Å². The third-order valence-corrected chi connectivity index (χ3v) is 5.69. The molecule has 0 aromatic rings. The van der Waals surface area contributed by atoms with Crippen molar-refractivity contribution in [2.24, 2.45) is 5.92 Å². The van der Waals surface area contributed by atoms with Crippen LogP contribution >= 0.6 is 0 Å². The second kappa shape index (κ2) is 22.6. The summed E-state index contributed by atoms with van der Waals surface area (Å²) >= 11 is 0. The molecule has 0 aliphatic rings. The molecular weight excluding hydrogens is 376 g/mol. The van der Waals surface area contributed by atoms with Gasteiger partial charge in [0.2, 0.25) is 0 Å². The second-order valence-electron chi connectivity index (χ2n) is 8.87. The van der Waals surface area contributed by atoms with Crippen molar-refractivity contribution >= 4 is 11.9 Å². The monoisotopic (exact) mass is 426 g/mol. The van der Waals surface area contributed by atoms with Crippen molar-refractivity contribution < 1.29 is 19.1 Å². The summed E-state index contributed by atoms with van der Waals surface area (Å²) in [5, 5.41) is 0. The lowest BCUT2D eigenvalue weighted by Crippen LogP contribution is -2.08. The van der Waals surface area contributed by atoms with Crippen LogP contribution in [0.2, 0.25) is 0 Å². The molecule has 0 spiro atoms. The summed E-state index contributed by atoms with van der Waals surface area (Å²) in [5.41, 5.74) is 0. The summed E-state index contributed by atoms with van der Waals surface area (Å²) in [6, 6.07) is 0. The minimum Gasteiger partial charge on any atom is -0.466 e. The number of hydrogen-bond donors (Lipinski definition) is 0. The van der Waals surface area contributed by atoms with Crippen LogP contribution in [0.5, 0.6) is 0 Å². The number of esters is 2. The van der Waals surface area contributed by atoms with Crippen LogP contribution in [0.1, 0.15) is 136 Å². The van der Waals surface area contributed by atoms with Gasteiger partial charge in [0, 0.05) is 12.8 Å². The van der Waals surface area contributed by atoms with Crippen LogP contribution in [0.15, 0.2) is 0 Å². The molecule has 0 heterocycles. The third kappa shape index (κ3) is 21.6. The highest BCUT2D eigenvalue weighted by Crippen LogP contribution is 2.17. The zero-order chi connectivity index (χ0) is 22.3. The van der Waals surface area contributed by atoms with E-state index in [4.69, 9.17) is 9.47 Å². The first-order chi connectivity index (χ1) is 14.6. The normalized spacial score (nSPS) is 12.0. The van der Waals surface area contributed by atoms with E-state index in [1.807, 2.05) is 0 Å². The smallest absolute Gasteiger partial charge is 0.305 e. The van der Waals surface area contributed by atoms with Gasteiger partial charge in [-0.3, -0.25) is 9.59 Å². The molecule has 0 bridgehead atoms. The van der Waals surface area contributed by atoms with Crippen LogP contribution in [0.4, 0.5) is 0 Å². The Morgan fingerprint density at radius 1 is 0.567 bits per heavy atom. The van der Waals surface area contributed by atoms with E-state index >= 15 is 0 Å². The van der Waals surface area contributed by atoms with E-state index in [0.29, 0.717) is 32.0 Å². The minimum absolute atomic E-state index is 0.0280. The van der Waals surface area contributed by atoms with E-state index in [2.05, 4.69) is 20.8 Å². The first kappa shape index (κ1) is 28.9. The Bertz CT molecular complexity index is 394. The van der Waals surface area contributed by atoms with Crippen LogP contribution < -0.4 is 0 Å². The van der Waals surface area contributed by atoms with Crippen molar-refractivity contribution in [3.8, 4) is 0 Å². The molecule has 0 aliphatic carbocycles. The molecule has 0 amide bonds. The summed E-state index contributed by atoms with van der Waals surface area (Å²) in [4.78, 5) is 23.4. The fourth-order valence-electron chi connectivity index (χ4n) is 3.55. The van der Waals surface area contributed by atoms with Gasteiger partial charge >= 0.3 is 11.9 Å². The molecule has 178 valence electrons. The summed E-state index contributed by atoms with van der Waals surface area (Å²) < 4.78 is 10.6. The SMILES string of the molecule is CCCCCCOC(=O)CCCCCCCCC(C)CCC(=O)OCCCCCC. The predicted octanol–water partition coefficient (Wildman–Crippen LogP) is 7.77. The average Bonchev–Trinajstić information content (AvgIpc) is 2.73. The highest BCUT2D eigenvalue weighted by atomic mass is 16.5. The molecular formula is C26H50O4. The van der Waals surface area contributed by atoms with Crippen molar-refractivity contribution in [3.63, 3.8) is 0 Å². The summed E-state index contributed by atoms with van der Waals surface area (Å²) in [5.74, 6) is 0.530. The highest BCUT2D eigenvalue weighted by molar-refractivity contribution is 5.69. The van der Waals surface area contributed by atoms with Gasteiger partial charge in [0.15, 0.2) is 0 Å². The molecule has 30 heavy (non-hydrogen) atoms. The predicted molar refractivity (Wildman–Crippen MR) is 126 cm³/mol. The molecule has 0 saturated heterocycles. The van der Waals surface area contributed by atoms with Gasteiger partial charge in [-0.25, -0.2) is 0 Å². The number of unbranched alkanes of at least 4 members (excludes halogenated alkanes) is 11. The quantitative estimate of drug-likeness (QED) is 0.131. The molecule has 1 atom stereocenters. The summed E-state index contributed by atoms with van der Waals surface area (Å²) in [7, 11) is 0. The zero-order valence-electron chi connectivity index (χ0n) is 20.4. The molecule has 0 aromatic heterocycles. The molecule has 1 unspecified atom stereocenters. The Balaban J connectivity index is 3.37. The minimum atomic E-state index is -0.0298. The third-order valence-electron chi connectivity index (χ3n) is 5.69. The largest absolute Gasteiger partial charge is 0.466 e. The first-order valence-corrected chi connectivity index (χ1v) is 12.9. The lowest BCUT2D eigenvalue weighted by Gasteiger charge is -2.11. The maximum atomic E-state index is 11.7. The number of rotatable bonds is 22. The van der Waals surface area contributed by atoms with E-state index in [1.54, 1.807) is 0 Å². The standard InChI is InChI=1S/C26H50O4/c1-4-6-8-16-22-29-25(27)19-15-13-11-10-12-14-18-24(3)20-21-26(28)30-23-17-9-7-5-2/h24H,4-23H2,1-3H3. The van der Waals surface area contributed by atoms with E-state index in [-0.39, 0.29) is 11.9 Å². The van der Waals surface area contributed by atoms with E-state index in [0.717, 1.165) is 44.9 Å². The molecule has 0 N–H and O–H groups in total. The number of hydrogen-bond acceptors (Lipinski definition) is 4. The van der Waals surface area contributed by atoms with Crippen molar-refractivity contribution in [1.82, 2.24) is 0 Å². The Hall–Kier alpha value is -1.06. The molecule has 0 aliphatic heterocycles. The number of ether oxygens (including phenoxy) is 2. The van der Waals surface area contributed by atoms with Crippen LogP contribution in [0.25, 0.3) is 0 Å². The van der Waals surface area contributed by atoms with Crippen molar-refractivity contribution in [2.45, 2.75) is 136 Å². The van der Waals surface area contributed by atoms with Gasteiger partial charge in [0.05, 0.1) is 13.2 Å². The Morgan fingerprint density at radius 2 is 1.03 bits per heavy atom. The van der Waals surface area contributed by atoms with Gasteiger partial charge in [0.1, 0.15) is 0 Å². The molecule has 4 heteroatoms. The number of carbonyl (C=O) groups excluding carboxylic acids is 2. The summed E-state index contributed by atoms with van der Waals surface area (Å²) in [6.45, 7) is 7.78. The lowest BCUT2D eigenvalue weighted by molar-refractivity contribution is -0.144. The van der Waals surface area contributed by atoms with Crippen LogP contribution in [0, 0.1) is 5.92 Å². The van der Waals surface area contributed by atoms with Gasteiger partial charge in [-0.2, -0.15) is 0 Å². The van der Waals surface area contributed by atoms with E-state index in [1.165, 1.54) is 57.8 Å².